The van der Waals surface area contributed by atoms with E-state index in [2.05, 4.69) is 24.3 Å². The monoisotopic (exact) mass is 301 g/mol. The zero-order valence-electron chi connectivity index (χ0n) is 11.9. The van der Waals surface area contributed by atoms with Crippen LogP contribution < -0.4 is 5.32 Å². The van der Waals surface area contributed by atoms with Crippen LogP contribution in [0, 0.1) is 0 Å². The Labute approximate surface area is 120 Å². The maximum Gasteiger partial charge on any atom is 0.354 e. The van der Waals surface area contributed by atoms with Gasteiger partial charge in [0.15, 0.2) is 0 Å². The van der Waals surface area contributed by atoms with Crippen LogP contribution in [-0.2, 0) is 38.1 Å². The van der Waals surface area contributed by atoms with Crippen molar-refractivity contribution in [3.8, 4) is 0 Å². The zero-order valence-corrected chi connectivity index (χ0v) is 11.9. The Hall–Kier alpha value is -2.84. The van der Waals surface area contributed by atoms with Crippen LogP contribution in [0.25, 0.3) is 0 Å². The summed E-state index contributed by atoms with van der Waals surface area (Å²) in [5.74, 6) is -3.66. The molecule has 0 aliphatic rings. The summed E-state index contributed by atoms with van der Waals surface area (Å²) >= 11 is 0. The van der Waals surface area contributed by atoms with E-state index in [0.717, 1.165) is 40.6 Å². The largest absolute Gasteiger partial charge is 0.466 e. The molecular weight excluding hydrogens is 286 g/mol. The SMILES string of the molecule is COC(=O)/C=C(/N/C(=C/C(=O)OC)C(=O)OC)C(=O)OC. The highest BCUT2D eigenvalue weighted by molar-refractivity contribution is 6.00. The molecule has 9 nitrogen and oxygen atoms in total. The molecule has 21 heavy (non-hydrogen) atoms. The fourth-order valence-electron chi connectivity index (χ4n) is 1.01. The normalized spacial score (nSPS) is 11.2. The van der Waals surface area contributed by atoms with Gasteiger partial charge >= 0.3 is 23.9 Å². The number of ether oxygens (including phenoxy) is 4. The second-order valence-corrected chi connectivity index (χ2v) is 3.27. The van der Waals surface area contributed by atoms with E-state index in [1.807, 2.05) is 0 Å². The Morgan fingerprint density at radius 2 is 1.00 bits per heavy atom. The number of carbonyl (C=O) groups is 4. The van der Waals surface area contributed by atoms with E-state index in [1.165, 1.54) is 0 Å². The van der Waals surface area contributed by atoms with E-state index >= 15 is 0 Å². The van der Waals surface area contributed by atoms with Crippen molar-refractivity contribution < 1.29 is 38.1 Å². The number of nitrogens with one attached hydrogen (secondary N) is 1. The molecule has 0 aliphatic carbocycles. The van der Waals surface area contributed by atoms with E-state index in [1.54, 1.807) is 0 Å². The van der Waals surface area contributed by atoms with Gasteiger partial charge in [-0.05, 0) is 0 Å². The molecule has 0 saturated carbocycles. The molecule has 0 saturated heterocycles. The smallest absolute Gasteiger partial charge is 0.354 e. The van der Waals surface area contributed by atoms with Crippen molar-refractivity contribution in [2.24, 2.45) is 0 Å². The third-order valence-corrected chi connectivity index (χ3v) is 2.01. The van der Waals surface area contributed by atoms with E-state index in [0.29, 0.717) is 0 Å². The molecule has 0 radical (unpaired) electrons. The summed E-state index contributed by atoms with van der Waals surface area (Å²) in [6.45, 7) is 0. The Morgan fingerprint density at radius 3 is 1.24 bits per heavy atom. The number of esters is 4. The van der Waals surface area contributed by atoms with Crippen LogP contribution in [0.15, 0.2) is 23.5 Å². The van der Waals surface area contributed by atoms with E-state index in [-0.39, 0.29) is 0 Å². The lowest BCUT2D eigenvalue weighted by Gasteiger charge is -2.10. The molecule has 116 valence electrons. The van der Waals surface area contributed by atoms with E-state index < -0.39 is 35.3 Å². The van der Waals surface area contributed by atoms with Gasteiger partial charge in [0.05, 0.1) is 40.6 Å². The highest BCUT2D eigenvalue weighted by Crippen LogP contribution is 2.02. The third kappa shape index (κ3) is 6.23. The van der Waals surface area contributed by atoms with Crippen LogP contribution >= 0.6 is 0 Å². The van der Waals surface area contributed by atoms with Gasteiger partial charge in [0.1, 0.15) is 11.4 Å². The van der Waals surface area contributed by atoms with Crippen LogP contribution in [0.3, 0.4) is 0 Å². The quantitative estimate of drug-likeness (QED) is 0.376. The highest BCUT2D eigenvalue weighted by Gasteiger charge is 2.19. The van der Waals surface area contributed by atoms with Gasteiger partial charge in [-0.2, -0.15) is 0 Å². The molecular formula is C12H15NO8. The van der Waals surface area contributed by atoms with Gasteiger partial charge < -0.3 is 24.3 Å². The number of hydrogen-bond donors (Lipinski definition) is 1. The second-order valence-electron chi connectivity index (χ2n) is 3.27. The number of hydrogen-bond acceptors (Lipinski definition) is 9. The second kappa shape index (κ2) is 9.13. The van der Waals surface area contributed by atoms with Gasteiger partial charge in [-0.25, -0.2) is 19.2 Å². The van der Waals surface area contributed by atoms with Crippen molar-refractivity contribution in [1.82, 2.24) is 5.32 Å². The number of rotatable bonds is 6. The minimum atomic E-state index is -0.958. The van der Waals surface area contributed by atoms with Gasteiger partial charge in [-0.1, -0.05) is 0 Å². The molecule has 0 spiro atoms. The lowest BCUT2D eigenvalue weighted by Crippen LogP contribution is -2.28. The topological polar surface area (TPSA) is 117 Å². The van der Waals surface area contributed by atoms with Gasteiger partial charge in [0.25, 0.3) is 0 Å². The molecule has 9 heteroatoms. The predicted octanol–water partition coefficient (Wildman–Crippen LogP) is -0.964. The van der Waals surface area contributed by atoms with Crippen molar-refractivity contribution in [3.05, 3.63) is 23.5 Å². The number of carbonyl (C=O) groups excluding carboxylic acids is 4. The van der Waals surface area contributed by atoms with Crippen LogP contribution in [0.4, 0.5) is 0 Å². The summed E-state index contributed by atoms with van der Waals surface area (Å²) in [5.41, 5.74) is -0.852. The Balaban J connectivity index is 5.51. The molecule has 0 aliphatic heterocycles. The fourth-order valence-corrected chi connectivity index (χ4v) is 1.01. The molecule has 0 heterocycles. The van der Waals surface area contributed by atoms with E-state index in [4.69, 9.17) is 0 Å². The molecule has 0 aromatic rings. The summed E-state index contributed by atoms with van der Waals surface area (Å²) in [7, 11) is 4.33. The molecule has 0 bridgehead atoms. The molecule has 0 atom stereocenters. The van der Waals surface area contributed by atoms with Crippen molar-refractivity contribution in [2.45, 2.75) is 0 Å². The van der Waals surface area contributed by atoms with Crippen LogP contribution in [0.5, 0.6) is 0 Å². The summed E-state index contributed by atoms with van der Waals surface area (Å²) in [4.78, 5) is 45.4. The molecule has 0 unspecified atom stereocenters. The molecule has 1 N–H and O–H groups in total. The predicted molar refractivity (Wildman–Crippen MR) is 67.4 cm³/mol. The average Bonchev–Trinajstić information content (AvgIpc) is 2.50. The van der Waals surface area contributed by atoms with Crippen molar-refractivity contribution in [3.63, 3.8) is 0 Å². The molecule has 0 fully saturated rings. The first-order valence-corrected chi connectivity index (χ1v) is 5.42. The molecule has 0 aromatic heterocycles. The zero-order chi connectivity index (χ0) is 16.4. The van der Waals surface area contributed by atoms with Crippen LogP contribution in [0.2, 0.25) is 0 Å². The first-order chi connectivity index (χ1) is 9.89. The minimum absolute atomic E-state index is 0.426. The summed E-state index contributed by atoms with van der Waals surface area (Å²) in [5, 5.41) is 2.26. The van der Waals surface area contributed by atoms with Crippen molar-refractivity contribution in [1.29, 1.82) is 0 Å². The average molecular weight is 301 g/mol. The summed E-state index contributed by atoms with van der Waals surface area (Å²) in [6.07, 6.45) is 1.50. The lowest BCUT2D eigenvalue weighted by atomic mass is 10.3. The van der Waals surface area contributed by atoms with Crippen molar-refractivity contribution >= 4 is 23.9 Å². The maximum absolute atomic E-state index is 11.5. The minimum Gasteiger partial charge on any atom is -0.466 e. The van der Waals surface area contributed by atoms with Crippen LogP contribution in [0.1, 0.15) is 0 Å². The Bertz CT molecular complexity index is 447. The van der Waals surface area contributed by atoms with Gasteiger partial charge in [0.2, 0.25) is 0 Å². The molecule has 0 amide bonds. The van der Waals surface area contributed by atoms with Crippen molar-refractivity contribution in [2.75, 3.05) is 28.4 Å². The summed E-state index contributed by atoms with van der Waals surface area (Å²) in [6, 6.07) is 0. The lowest BCUT2D eigenvalue weighted by molar-refractivity contribution is -0.140. The van der Waals surface area contributed by atoms with Gasteiger partial charge in [0, 0.05) is 0 Å². The number of methoxy groups -OCH3 is 4. The highest BCUT2D eigenvalue weighted by atomic mass is 16.5. The first kappa shape index (κ1) is 18.2. The first-order valence-electron chi connectivity index (χ1n) is 5.42. The Kier molecular flexibility index (Phi) is 7.89. The third-order valence-electron chi connectivity index (χ3n) is 2.01. The fraction of sp³-hybridized carbons (Fsp3) is 0.333. The standard InChI is InChI=1S/C12H15NO8/c1-18-9(14)5-7(11(16)20-3)13-8(12(17)21-4)6-10(15)19-2/h5-6,13H,1-4H3/b7-5+,8-6+. The van der Waals surface area contributed by atoms with Crippen LogP contribution in [-0.4, -0.2) is 52.3 Å². The van der Waals surface area contributed by atoms with Gasteiger partial charge in [-0.15, -0.1) is 0 Å². The maximum atomic E-state index is 11.5. The summed E-state index contributed by atoms with van der Waals surface area (Å²) < 4.78 is 17.6. The Morgan fingerprint density at radius 1 is 0.667 bits per heavy atom. The molecule has 0 aromatic carbocycles. The van der Waals surface area contributed by atoms with Gasteiger partial charge in [-0.3, -0.25) is 0 Å². The van der Waals surface area contributed by atoms with E-state index in [9.17, 15) is 19.2 Å². The molecule has 0 rings (SSSR count).